The van der Waals surface area contributed by atoms with Gasteiger partial charge >= 0.3 is 8.60 Å². The molecule has 0 aromatic carbocycles. The minimum absolute atomic E-state index is 1.10. The molecule has 0 aromatic heterocycles. The van der Waals surface area contributed by atoms with Gasteiger partial charge in [-0.15, -0.1) is 5.26 Å². The zero-order valence-electron chi connectivity index (χ0n) is 2.70. The number of nitrogens with zero attached hydrogens (tertiary/aromatic N) is 1. The molecule has 0 spiro atoms. The Hall–Kier alpha value is -0.360. The first kappa shape index (κ1) is 5.64. The molecule has 0 saturated heterocycles. The molecule has 0 fully saturated rings. The molecule has 0 radical (unpaired) electrons. The van der Waals surface area contributed by atoms with Crippen LogP contribution < -0.4 is 0 Å². The van der Waals surface area contributed by atoms with Crippen molar-refractivity contribution in [1.29, 1.82) is 5.26 Å². The minimum Gasteiger partial charge on any atom is -0.352 e. The molecule has 0 heterocycles. The lowest BCUT2D eigenvalue weighted by molar-refractivity contribution is 0.354. The highest BCUT2D eigenvalue weighted by Gasteiger charge is 1.92. The van der Waals surface area contributed by atoms with Gasteiger partial charge in [0.25, 0.3) is 6.26 Å². The van der Waals surface area contributed by atoms with Gasteiger partial charge in [0.1, 0.15) is 0 Å². The second-order valence-electron chi connectivity index (χ2n) is 0.435. The molecule has 0 saturated carbocycles. The number of rotatable bonds is 1. The average Bonchev–Trinajstić information content (AvgIpc) is 1.35. The van der Waals surface area contributed by atoms with Gasteiger partial charge in [-0.25, -0.2) is 0 Å². The van der Waals surface area contributed by atoms with E-state index < -0.39 is 8.60 Å². The Morgan fingerprint density at radius 1 is 1.67 bits per heavy atom. The smallest absolute Gasteiger partial charge is 0.352 e. The third-order valence-corrected chi connectivity index (χ3v) is 0.367. The van der Waals surface area contributed by atoms with Crippen molar-refractivity contribution >= 4 is 8.60 Å². The van der Waals surface area contributed by atoms with Gasteiger partial charge in [-0.05, 0) is 0 Å². The van der Waals surface area contributed by atoms with Crippen LogP contribution in [0, 0.1) is 11.5 Å². The average molecular weight is 107 g/mol. The van der Waals surface area contributed by atoms with Crippen LogP contribution in [0.4, 0.5) is 0 Å². The van der Waals surface area contributed by atoms with Crippen molar-refractivity contribution < 1.29 is 14.3 Å². The van der Waals surface area contributed by atoms with Gasteiger partial charge in [0.15, 0.2) is 0 Å². The van der Waals surface area contributed by atoms with Crippen molar-refractivity contribution in [3.05, 3.63) is 0 Å². The summed E-state index contributed by atoms with van der Waals surface area (Å²) in [6.07, 6.45) is 1.10. The maximum atomic E-state index is 7.73. The summed E-state index contributed by atoms with van der Waals surface area (Å²) in [6.45, 7) is 0. The predicted molar refractivity (Wildman–Crippen MR) is 18.1 cm³/mol. The highest BCUT2D eigenvalue weighted by atomic mass is 31.2. The van der Waals surface area contributed by atoms with Gasteiger partial charge < -0.3 is 14.3 Å². The number of hydrogen-bond acceptors (Lipinski definition) is 4. The van der Waals surface area contributed by atoms with Crippen LogP contribution in [0.2, 0.25) is 0 Å². The van der Waals surface area contributed by atoms with Crippen molar-refractivity contribution in [1.82, 2.24) is 0 Å². The fourth-order valence-electron chi connectivity index (χ4n) is 0.0365. The third-order valence-electron chi connectivity index (χ3n) is 0.122. The summed E-state index contributed by atoms with van der Waals surface area (Å²) in [6, 6.07) is 0. The quantitative estimate of drug-likeness (QED) is 0.356. The standard InChI is InChI=1S/CH2NO3P/c2-1-5-6(3)4/h3-4H. The van der Waals surface area contributed by atoms with Crippen molar-refractivity contribution in [2.24, 2.45) is 0 Å². The van der Waals surface area contributed by atoms with Crippen molar-refractivity contribution in [2.75, 3.05) is 0 Å². The first-order valence-corrected chi connectivity index (χ1v) is 2.18. The van der Waals surface area contributed by atoms with Gasteiger partial charge in [-0.3, -0.25) is 0 Å². The summed E-state index contributed by atoms with van der Waals surface area (Å²) in [5.74, 6) is 0. The Bertz CT molecular complexity index is 65.7. The molecule has 0 unspecified atom stereocenters. The van der Waals surface area contributed by atoms with Crippen molar-refractivity contribution in [2.45, 2.75) is 0 Å². The Kier molecular flexibility index (Phi) is 2.68. The van der Waals surface area contributed by atoms with Crippen molar-refractivity contribution in [3.8, 4) is 6.26 Å². The summed E-state index contributed by atoms with van der Waals surface area (Å²) < 4.78 is 3.52. The fraction of sp³-hybridized carbons (Fsp3) is 0. The molecule has 0 atom stereocenters. The van der Waals surface area contributed by atoms with E-state index in [1.807, 2.05) is 0 Å². The Morgan fingerprint density at radius 2 is 2.17 bits per heavy atom. The van der Waals surface area contributed by atoms with E-state index in [1.54, 1.807) is 0 Å². The molecule has 4 nitrogen and oxygen atoms in total. The molecule has 34 valence electrons. The first-order valence-electron chi connectivity index (χ1n) is 1.01. The van der Waals surface area contributed by atoms with Gasteiger partial charge in [-0.2, -0.15) is 0 Å². The Morgan fingerprint density at radius 3 is 2.17 bits per heavy atom. The third kappa shape index (κ3) is 3.64. The molecule has 0 bridgehead atoms. The lowest BCUT2D eigenvalue weighted by Gasteiger charge is -1.87. The van der Waals surface area contributed by atoms with E-state index in [1.165, 1.54) is 0 Å². The maximum absolute atomic E-state index is 7.73. The largest absolute Gasteiger partial charge is 0.402 e. The molecule has 0 aliphatic carbocycles. The van der Waals surface area contributed by atoms with Crippen LogP contribution in [-0.2, 0) is 4.52 Å². The lowest BCUT2D eigenvalue weighted by Crippen LogP contribution is -1.67. The highest BCUT2D eigenvalue weighted by molar-refractivity contribution is 7.39. The SMILES string of the molecule is N#COP(O)O. The van der Waals surface area contributed by atoms with Crippen LogP contribution in [0.3, 0.4) is 0 Å². The van der Waals surface area contributed by atoms with Gasteiger partial charge in [0.05, 0.1) is 0 Å². The molecule has 2 N–H and O–H groups in total. The molecular weight excluding hydrogens is 105 g/mol. The lowest BCUT2D eigenvalue weighted by atomic mass is 11.6. The number of nitriles is 1. The summed E-state index contributed by atoms with van der Waals surface area (Å²) >= 11 is 0. The summed E-state index contributed by atoms with van der Waals surface area (Å²) in [7, 11) is -2.46. The summed E-state index contributed by atoms with van der Waals surface area (Å²) in [5, 5.41) is 7.46. The van der Waals surface area contributed by atoms with Crippen LogP contribution in [0.5, 0.6) is 0 Å². The zero-order chi connectivity index (χ0) is 4.99. The van der Waals surface area contributed by atoms with Crippen LogP contribution >= 0.6 is 8.60 Å². The van der Waals surface area contributed by atoms with Crippen LogP contribution in [0.25, 0.3) is 0 Å². The van der Waals surface area contributed by atoms with Crippen LogP contribution in [-0.4, -0.2) is 9.79 Å². The van der Waals surface area contributed by atoms with E-state index in [-0.39, 0.29) is 0 Å². The van der Waals surface area contributed by atoms with E-state index in [2.05, 4.69) is 4.52 Å². The maximum Gasteiger partial charge on any atom is 0.402 e. The molecule has 0 aromatic rings. The Balaban J connectivity index is 2.88. The Labute approximate surface area is 35.6 Å². The van der Waals surface area contributed by atoms with Gasteiger partial charge in [0.2, 0.25) is 0 Å². The van der Waals surface area contributed by atoms with E-state index in [4.69, 9.17) is 15.0 Å². The second kappa shape index (κ2) is 2.86. The molecule has 0 amide bonds. The molecule has 6 heavy (non-hydrogen) atoms. The molecule has 5 heteroatoms. The van der Waals surface area contributed by atoms with Gasteiger partial charge in [-0.1, -0.05) is 0 Å². The minimum atomic E-state index is -2.46. The first-order chi connectivity index (χ1) is 2.77. The van der Waals surface area contributed by atoms with E-state index >= 15 is 0 Å². The molecule has 0 aliphatic rings. The van der Waals surface area contributed by atoms with E-state index in [0.717, 1.165) is 6.26 Å². The van der Waals surface area contributed by atoms with Gasteiger partial charge in [0, 0.05) is 0 Å². The normalized spacial score (nSPS) is 7.67. The second-order valence-corrected chi connectivity index (χ2v) is 1.12. The van der Waals surface area contributed by atoms with E-state index in [0.29, 0.717) is 0 Å². The molecule has 0 rings (SSSR count). The zero-order valence-corrected chi connectivity index (χ0v) is 3.59. The molecule has 0 aliphatic heterocycles. The summed E-state index contributed by atoms with van der Waals surface area (Å²) in [5.41, 5.74) is 0. The predicted octanol–water partition coefficient (Wildman–Crippen LogP) is -0.304. The topological polar surface area (TPSA) is 73.5 Å². The van der Waals surface area contributed by atoms with Crippen LogP contribution in [0.1, 0.15) is 0 Å². The fourth-order valence-corrected chi connectivity index (χ4v) is 0.110. The van der Waals surface area contributed by atoms with E-state index in [9.17, 15) is 0 Å². The van der Waals surface area contributed by atoms with Crippen molar-refractivity contribution in [3.63, 3.8) is 0 Å². The number of hydrogen-bond donors (Lipinski definition) is 2. The summed E-state index contributed by atoms with van der Waals surface area (Å²) in [4.78, 5) is 15.5. The monoisotopic (exact) mass is 107 g/mol. The van der Waals surface area contributed by atoms with Crippen LogP contribution in [0.15, 0.2) is 0 Å². The highest BCUT2D eigenvalue weighted by Crippen LogP contribution is 2.22. The molecular formula is CH2NO3P.